The van der Waals surface area contributed by atoms with Gasteiger partial charge in [-0.2, -0.15) is 0 Å². The molecular weight excluding hydrogens is 297 g/mol. The molecule has 2 aliphatic rings. The van der Waals surface area contributed by atoms with Crippen LogP contribution < -0.4 is 5.73 Å². The zero-order chi connectivity index (χ0) is 13.2. The molecular formula is C14H29Cl2N3O. The monoisotopic (exact) mass is 325 g/mol. The molecule has 2 rings (SSSR count). The number of nitrogens with zero attached hydrogens (tertiary/aromatic N) is 2. The molecule has 6 heteroatoms. The smallest absolute Gasteiger partial charge is 0.242 e. The van der Waals surface area contributed by atoms with Gasteiger partial charge in [0.15, 0.2) is 0 Å². The summed E-state index contributed by atoms with van der Waals surface area (Å²) in [5.41, 5.74) is 5.50. The van der Waals surface area contributed by atoms with Crippen LogP contribution in [0, 0.1) is 5.92 Å². The van der Waals surface area contributed by atoms with Crippen molar-refractivity contribution in [1.29, 1.82) is 0 Å². The van der Waals surface area contributed by atoms with E-state index in [1.807, 2.05) is 4.90 Å². The van der Waals surface area contributed by atoms with E-state index in [-0.39, 0.29) is 30.7 Å². The van der Waals surface area contributed by atoms with Gasteiger partial charge in [-0.15, -0.1) is 24.8 Å². The normalized spacial score (nSPS) is 21.1. The molecule has 1 saturated carbocycles. The molecule has 2 fully saturated rings. The second-order valence-corrected chi connectivity index (χ2v) is 5.88. The molecule has 0 spiro atoms. The molecule has 120 valence electrons. The number of carbonyl (C=O) groups excluding carboxylic acids is 1. The first-order chi connectivity index (χ1) is 8.59. The van der Waals surface area contributed by atoms with Gasteiger partial charge in [-0.1, -0.05) is 13.8 Å². The SMILES string of the molecule is CCN(CC)CC1CCN(C(=O)C2(N)CC2)CC1.Cl.Cl. The highest BCUT2D eigenvalue weighted by atomic mass is 35.5. The van der Waals surface area contributed by atoms with Crippen LogP contribution in [0.5, 0.6) is 0 Å². The van der Waals surface area contributed by atoms with Crippen molar-refractivity contribution in [2.45, 2.75) is 45.1 Å². The third-order valence-corrected chi connectivity index (χ3v) is 4.53. The van der Waals surface area contributed by atoms with Crippen LogP contribution in [-0.4, -0.2) is 54.0 Å². The Hall–Kier alpha value is -0.0300. The van der Waals surface area contributed by atoms with Gasteiger partial charge >= 0.3 is 0 Å². The van der Waals surface area contributed by atoms with Crippen molar-refractivity contribution >= 4 is 30.7 Å². The number of hydrogen-bond acceptors (Lipinski definition) is 3. The Labute approximate surface area is 135 Å². The van der Waals surface area contributed by atoms with E-state index in [9.17, 15) is 4.79 Å². The largest absolute Gasteiger partial charge is 0.341 e. The van der Waals surface area contributed by atoms with Gasteiger partial charge in [-0.05, 0) is 44.7 Å². The van der Waals surface area contributed by atoms with E-state index in [4.69, 9.17) is 5.73 Å². The molecule has 0 aromatic carbocycles. The molecule has 1 amide bonds. The van der Waals surface area contributed by atoms with Gasteiger partial charge in [-0.3, -0.25) is 4.79 Å². The average Bonchev–Trinajstić information content (AvgIpc) is 3.15. The molecule has 4 nitrogen and oxygen atoms in total. The molecule has 1 saturated heterocycles. The predicted octanol–water partition coefficient (Wildman–Crippen LogP) is 1.90. The number of hydrogen-bond donors (Lipinski definition) is 1. The second-order valence-electron chi connectivity index (χ2n) is 5.88. The molecule has 0 radical (unpaired) electrons. The number of nitrogens with two attached hydrogens (primary N) is 1. The lowest BCUT2D eigenvalue weighted by molar-refractivity contribution is -0.135. The summed E-state index contributed by atoms with van der Waals surface area (Å²) in [6, 6.07) is 0. The molecule has 0 bridgehead atoms. The fraction of sp³-hybridized carbons (Fsp3) is 0.929. The van der Waals surface area contributed by atoms with E-state index < -0.39 is 5.54 Å². The van der Waals surface area contributed by atoms with Crippen LogP contribution in [0.3, 0.4) is 0 Å². The Balaban J connectivity index is 0.00000180. The Kier molecular flexibility index (Phi) is 8.41. The number of carbonyl (C=O) groups is 1. The lowest BCUT2D eigenvalue weighted by Gasteiger charge is -2.35. The van der Waals surface area contributed by atoms with E-state index in [0.29, 0.717) is 0 Å². The third kappa shape index (κ3) is 4.76. The first-order valence-electron chi connectivity index (χ1n) is 7.39. The zero-order valence-electron chi connectivity index (χ0n) is 12.6. The predicted molar refractivity (Wildman–Crippen MR) is 87.7 cm³/mol. The summed E-state index contributed by atoms with van der Waals surface area (Å²) in [6.45, 7) is 9.68. The van der Waals surface area contributed by atoms with Crippen LogP contribution in [0.1, 0.15) is 39.5 Å². The lowest BCUT2D eigenvalue weighted by atomic mass is 9.95. The lowest BCUT2D eigenvalue weighted by Crippen LogP contribution is -2.49. The highest BCUT2D eigenvalue weighted by molar-refractivity contribution is 5.89. The van der Waals surface area contributed by atoms with Gasteiger partial charge in [0.05, 0.1) is 5.54 Å². The van der Waals surface area contributed by atoms with Crippen molar-refractivity contribution in [1.82, 2.24) is 9.80 Å². The summed E-state index contributed by atoms with van der Waals surface area (Å²) in [7, 11) is 0. The minimum Gasteiger partial charge on any atom is -0.341 e. The molecule has 2 N–H and O–H groups in total. The molecule has 0 unspecified atom stereocenters. The fourth-order valence-corrected chi connectivity index (χ4v) is 2.83. The Morgan fingerprint density at radius 1 is 1.20 bits per heavy atom. The number of rotatable bonds is 5. The van der Waals surface area contributed by atoms with Crippen LogP contribution in [0.15, 0.2) is 0 Å². The van der Waals surface area contributed by atoms with Crippen LogP contribution in [0.25, 0.3) is 0 Å². The summed E-state index contributed by atoms with van der Waals surface area (Å²) in [5, 5.41) is 0. The quantitative estimate of drug-likeness (QED) is 0.839. The maximum atomic E-state index is 12.1. The number of piperidine rings is 1. The van der Waals surface area contributed by atoms with Gasteiger partial charge in [0.2, 0.25) is 5.91 Å². The summed E-state index contributed by atoms with van der Waals surface area (Å²) < 4.78 is 0. The maximum Gasteiger partial charge on any atom is 0.242 e. The van der Waals surface area contributed by atoms with E-state index in [0.717, 1.165) is 57.8 Å². The standard InChI is InChI=1S/C14H27N3O.2ClH/c1-3-16(4-2)11-12-5-9-17(10-6-12)13(18)14(15)7-8-14;;/h12H,3-11,15H2,1-2H3;2*1H. The zero-order valence-corrected chi connectivity index (χ0v) is 14.3. The molecule has 1 aliphatic heterocycles. The summed E-state index contributed by atoms with van der Waals surface area (Å²) in [4.78, 5) is 16.6. The molecule has 0 atom stereocenters. The minimum atomic E-state index is -0.480. The summed E-state index contributed by atoms with van der Waals surface area (Å²) >= 11 is 0. The Bertz CT molecular complexity index is 299. The van der Waals surface area contributed by atoms with Gasteiger partial charge in [0.1, 0.15) is 0 Å². The van der Waals surface area contributed by atoms with E-state index in [1.165, 1.54) is 6.54 Å². The Morgan fingerprint density at radius 3 is 2.10 bits per heavy atom. The molecule has 0 aromatic heterocycles. The van der Waals surface area contributed by atoms with E-state index in [1.54, 1.807) is 0 Å². The van der Waals surface area contributed by atoms with Crippen molar-refractivity contribution in [3.8, 4) is 0 Å². The van der Waals surface area contributed by atoms with Gasteiger partial charge in [0.25, 0.3) is 0 Å². The van der Waals surface area contributed by atoms with Crippen molar-refractivity contribution in [2.75, 3.05) is 32.7 Å². The third-order valence-electron chi connectivity index (χ3n) is 4.53. The van der Waals surface area contributed by atoms with Crippen molar-refractivity contribution in [2.24, 2.45) is 11.7 Å². The topological polar surface area (TPSA) is 49.6 Å². The first-order valence-corrected chi connectivity index (χ1v) is 7.39. The molecule has 1 heterocycles. The number of likely N-dealkylation sites (tertiary alicyclic amines) is 1. The second kappa shape index (κ2) is 8.42. The van der Waals surface area contributed by atoms with Gasteiger partial charge in [0, 0.05) is 19.6 Å². The number of amides is 1. The average molecular weight is 326 g/mol. The van der Waals surface area contributed by atoms with Crippen molar-refractivity contribution < 1.29 is 4.79 Å². The van der Waals surface area contributed by atoms with Crippen LogP contribution in [0.4, 0.5) is 0 Å². The van der Waals surface area contributed by atoms with E-state index in [2.05, 4.69) is 18.7 Å². The van der Waals surface area contributed by atoms with Crippen molar-refractivity contribution in [3.63, 3.8) is 0 Å². The highest BCUT2D eigenvalue weighted by Gasteiger charge is 2.48. The minimum absolute atomic E-state index is 0. The molecule has 0 aromatic rings. The Morgan fingerprint density at radius 2 is 1.70 bits per heavy atom. The fourth-order valence-electron chi connectivity index (χ4n) is 2.83. The van der Waals surface area contributed by atoms with Gasteiger partial charge in [-0.25, -0.2) is 0 Å². The van der Waals surface area contributed by atoms with E-state index >= 15 is 0 Å². The van der Waals surface area contributed by atoms with Gasteiger partial charge < -0.3 is 15.5 Å². The number of halogens is 2. The van der Waals surface area contributed by atoms with Crippen LogP contribution in [-0.2, 0) is 4.79 Å². The first kappa shape index (κ1) is 20.0. The maximum absolute atomic E-state index is 12.1. The summed E-state index contributed by atoms with van der Waals surface area (Å²) in [6.07, 6.45) is 4.03. The molecule has 1 aliphatic carbocycles. The molecule has 20 heavy (non-hydrogen) atoms. The summed E-state index contributed by atoms with van der Waals surface area (Å²) in [5.74, 6) is 0.950. The van der Waals surface area contributed by atoms with Crippen LogP contribution >= 0.6 is 24.8 Å². The highest BCUT2D eigenvalue weighted by Crippen LogP contribution is 2.35. The van der Waals surface area contributed by atoms with Crippen molar-refractivity contribution in [3.05, 3.63) is 0 Å². The van der Waals surface area contributed by atoms with Crippen LogP contribution in [0.2, 0.25) is 0 Å².